The van der Waals surface area contributed by atoms with Crippen molar-refractivity contribution in [3.63, 3.8) is 0 Å². The molecule has 0 unspecified atom stereocenters. The minimum absolute atomic E-state index is 0.879. The van der Waals surface area contributed by atoms with E-state index in [4.69, 9.17) is 4.74 Å². The van der Waals surface area contributed by atoms with Crippen LogP contribution in [0.2, 0.25) is 0 Å². The average Bonchev–Trinajstić information content (AvgIpc) is 3.24. The van der Waals surface area contributed by atoms with E-state index in [1.54, 1.807) is 0 Å². The summed E-state index contributed by atoms with van der Waals surface area (Å²) in [5.74, 6) is 0.908. The largest absolute Gasteiger partial charge is 0.379 e. The summed E-state index contributed by atoms with van der Waals surface area (Å²) in [7, 11) is 0. The molecule has 3 fully saturated rings. The van der Waals surface area contributed by atoms with Crippen LogP contribution in [0.15, 0.2) is 24.3 Å². The van der Waals surface area contributed by atoms with Crippen LogP contribution in [0.3, 0.4) is 0 Å². The molecule has 4 heteroatoms. The summed E-state index contributed by atoms with van der Waals surface area (Å²) >= 11 is 0. The maximum atomic E-state index is 5.46. The van der Waals surface area contributed by atoms with E-state index >= 15 is 0 Å². The highest BCUT2D eigenvalue weighted by molar-refractivity contribution is 5.49. The number of benzene rings is 1. The maximum absolute atomic E-state index is 5.46. The van der Waals surface area contributed by atoms with Crippen LogP contribution >= 0.6 is 0 Å². The van der Waals surface area contributed by atoms with Gasteiger partial charge in [-0.15, -0.1) is 0 Å². The summed E-state index contributed by atoms with van der Waals surface area (Å²) in [4.78, 5) is 7.79. The van der Waals surface area contributed by atoms with Crippen LogP contribution in [0, 0.1) is 5.92 Å². The minimum atomic E-state index is 0.879. The molecule has 0 saturated carbocycles. The van der Waals surface area contributed by atoms with E-state index in [2.05, 4.69) is 39.0 Å². The zero-order chi connectivity index (χ0) is 18.9. The van der Waals surface area contributed by atoms with E-state index < -0.39 is 0 Å². The van der Waals surface area contributed by atoms with Crippen LogP contribution in [0.25, 0.3) is 0 Å². The number of piperidine rings is 1. The first-order valence-corrected chi connectivity index (χ1v) is 11.2. The summed E-state index contributed by atoms with van der Waals surface area (Å²) in [6.07, 6.45) is 5.53. The van der Waals surface area contributed by atoms with E-state index in [9.17, 15) is 0 Å². The lowest BCUT2D eigenvalue weighted by Crippen LogP contribution is -2.38. The molecule has 0 N–H and O–H groups in total. The number of hydrogen-bond acceptors (Lipinski definition) is 4. The van der Waals surface area contributed by atoms with E-state index in [1.807, 2.05) is 13.8 Å². The molecule has 27 heavy (non-hydrogen) atoms. The van der Waals surface area contributed by atoms with E-state index in [0.29, 0.717) is 0 Å². The smallest absolute Gasteiger partial charge is 0.0594 e. The molecule has 3 aliphatic heterocycles. The Morgan fingerprint density at radius 2 is 1.59 bits per heavy atom. The summed E-state index contributed by atoms with van der Waals surface area (Å²) in [5.41, 5.74) is 2.86. The third-order valence-electron chi connectivity index (χ3n) is 6.12. The van der Waals surface area contributed by atoms with Crippen LogP contribution in [-0.2, 0) is 11.3 Å². The zero-order valence-corrected chi connectivity index (χ0v) is 17.5. The minimum Gasteiger partial charge on any atom is -0.379 e. The fourth-order valence-electron chi connectivity index (χ4n) is 4.57. The third-order valence-corrected chi connectivity index (χ3v) is 6.12. The van der Waals surface area contributed by atoms with Crippen molar-refractivity contribution in [2.45, 2.75) is 46.1 Å². The number of morpholine rings is 1. The molecule has 3 aliphatic rings. The Morgan fingerprint density at radius 1 is 0.889 bits per heavy atom. The van der Waals surface area contributed by atoms with Crippen LogP contribution in [0.5, 0.6) is 0 Å². The Bertz CT molecular complexity index is 530. The molecule has 0 spiro atoms. The van der Waals surface area contributed by atoms with E-state index in [0.717, 1.165) is 38.8 Å². The molecule has 3 heterocycles. The highest BCUT2D eigenvalue weighted by atomic mass is 16.5. The lowest BCUT2D eigenvalue weighted by atomic mass is 9.95. The molecule has 0 atom stereocenters. The van der Waals surface area contributed by atoms with Crippen molar-refractivity contribution in [1.82, 2.24) is 9.80 Å². The first-order chi connectivity index (χ1) is 13.4. The highest BCUT2D eigenvalue weighted by Gasteiger charge is 2.23. The summed E-state index contributed by atoms with van der Waals surface area (Å²) in [6.45, 7) is 15.4. The van der Waals surface area contributed by atoms with Crippen molar-refractivity contribution >= 4 is 5.69 Å². The molecule has 0 radical (unpaired) electrons. The van der Waals surface area contributed by atoms with Gasteiger partial charge in [0.25, 0.3) is 0 Å². The molecule has 4 rings (SSSR count). The van der Waals surface area contributed by atoms with Crippen molar-refractivity contribution in [2.24, 2.45) is 5.92 Å². The van der Waals surface area contributed by atoms with Crippen LogP contribution < -0.4 is 4.90 Å². The van der Waals surface area contributed by atoms with Crippen LogP contribution in [-0.4, -0.2) is 68.8 Å². The predicted molar refractivity (Wildman–Crippen MR) is 114 cm³/mol. The summed E-state index contributed by atoms with van der Waals surface area (Å²) in [5, 5.41) is 0. The zero-order valence-electron chi connectivity index (χ0n) is 17.5. The number of nitrogens with zero attached hydrogens (tertiary/aromatic N) is 3. The Hall–Kier alpha value is -1.10. The molecule has 0 bridgehead atoms. The second kappa shape index (κ2) is 11.0. The number of rotatable bonds is 5. The summed E-state index contributed by atoms with van der Waals surface area (Å²) in [6, 6.07) is 9.22. The SMILES string of the molecule is CC.c1cc(CN2CCOCC2)cc(N2CCC(CN3CCCC3)CC2)c1. The van der Waals surface area contributed by atoms with Gasteiger partial charge in [-0.05, 0) is 62.4 Å². The second-order valence-electron chi connectivity index (χ2n) is 8.00. The van der Waals surface area contributed by atoms with Crippen molar-refractivity contribution in [1.29, 1.82) is 0 Å². The molecule has 3 saturated heterocycles. The summed E-state index contributed by atoms with van der Waals surface area (Å²) < 4.78 is 5.46. The molecular formula is C23H39N3O. The van der Waals surface area contributed by atoms with Crippen LogP contribution in [0.1, 0.15) is 45.1 Å². The van der Waals surface area contributed by atoms with Gasteiger partial charge in [-0.25, -0.2) is 0 Å². The predicted octanol–water partition coefficient (Wildman–Crippen LogP) is 3.86. The fourth-order valence-corrected chi connectivity index (χ4v) is 4.57. The molecule has 0 aliphatic carbocycles. The second-order valence-corrected chi connectivity index (χ2v) is 8.00. The normalized spacial score (nSPS) is 22.5. The van der Waals surface area contributed by atoms with Gasteiger partial charge < -0.3 is 14.5 Å². The third kappa shape index (κ3) is 6.20. The molecule has 1 aromatic carbocycles. The van der Waals surface area contributed by atoms with Gasteiger partial charge in [0.15, 0.2) is 0 Å². The topological polar surface area (TPSA) is 19.0 Å². The van der Waals surface area contributed by atoms with E-state index in [1.165, 1.54) is 69.7 Å². The van der Waals surface area contributed by atoms with Gasteiger partial charge in [0.1, 0.15) is 0 Å². The van der Waals surface area contributed by atoms with Gasteiger partial charge in [-0.2, -0.15) is 0 Å². The van der Waals surface area contributed by atoms with Crippen molar-refractivity contribution in [3.8, 4) is 0 Å². The molecule has 0 amide bonds. The Balaban J connectivity index is 0.00000102. The molecule has 0 aromatic heterocycles. The number of likely N-dealkylation sites (tertiary alicyclic amines) is 1. The first kappa shape index (κ1) is 20.6. The number of hydrogen-bond donors (Lipinski definition) is 0. The highest BCUT2D eigenvalue weighted by Crippen LogP contribution is 2.26. The van der Waals surface area contributed by atoms with Crippen molar-refractivity contribution < 1.29 is 4.74 Å². The molecule has 1 aromatic rings. The van der Waals surface area contributed by atoms with Gasteiger partial charge in [0, 0.05) is 45.0 Å². The number of ether oxygens (including phenoxy) is 1. The average molecular weight is 374 g/mol. The van der Waals surface area contributed by atoms with Crippen molar-refractivity contribution in [2.75, 3.05) is 63.9 Å². The standard InChI is InChI=1S/C21H33N3O.C2H6/c1-2-9-22(8-1)17-19-6-10-24(11-7-19)21-5-3-4-20(16-21)18-23-12-14-25-15-13-23;1-2/h3-5,16,19H,1-2,6-15,17-18H2;1-2H3. The first-order valence-electron chi connectivity index (χ1n) is 11.2. The maximum Gasteiger partial charge on any atom is 0.0594 e. The lowest BCUT2D eigenvalue weighted by Gasteiger charge is -2.35. The van der Waals surface area contributed by atoms with E-state index in [-0.39, 0.29) is 0 Å². The van der Waals surface area contributed by atoms with Gasteiger partial charge in [-0.1, -0.05) is 26.0 Å². The monoisotopic (exact) mass is 373 g/mol. The molecular weight excluding hydrogens is 334 g/mol. The van der Waals surface area contributed by atoms with Gasteiger partial charge in [0.2, 0.25) is 0 Å². The number of anilines is 1. The molecule has 4 nitrogen and oxygen atoms in total. The Morgan fingerprint density at radius 3 is 2.30 bits per heavy atom. The molecule has 152 valence electrons. The Labute approximate surface area is 166 Å². The van der Waals surface area contributed by atoms with Crippen molar-refractivity contribution in [3.05, 3.63) is 29.8 Å². The van der Waals surface area contributed by atoms with Gasteiger partial charge in [0.05, 0.1) is 13.2 Å². The van der Waals surface area contributed by atoms with Crippen LogP contribution in [0.4, 0.5) is 5.69 Å². The van der Waals surface area contributed by atoms with Gasteiger partial charge >= 0.3 is 0 Å². The fraction of sp³-hybridized carbons (Fsp3) is 0.739. The Kier molecular flexibility index (Phi) is 8.43. The van der Waals surface area contributed by atoms with Gasteiger partial charge in [-0.3, -0.25) is 4.90 Å². The lowest BCUT2D eigenvalue weighted by molar-refractivity contribution is 0.0342. The quantitative estimate of drug-likeness (QED) is 0.780.